The highest BCUT2D eigenvalue weighted by molar-refractivity contribution is 7.88. The third-order valence-electron chi connectivity index (χ3n) is 1.75. The Hall–Kier alpha value is -1.65. The monoisotopic (exact) mass is 294 g/mol. The number of rotatable bonds is 5. The Morgan fingerprint density at radius 1 is 1.50 bits per heavy atom. The number of thiophene rings is 1. The number of methoxy groups -OCH3 is 1. The minimum atomic E-state index is -4.31. The molecule has 0 bridgehead atoms. The fourth-order valence-corrected chi connectivity index (χ4v) is 2.76. The van der Waals surface area contributed by atoms with Crippen molar-refractivity contribution >= 4 is 33.6 Å². The maximum Gasteiger partial charge on any atom is 0.421 e. The molecule has 0 radical (unpaired) electrons. The number of amides is 1. The van der Waals surface area contributed by atoms with E-state index < -0.39 is 28.3 Å². The SMILES string of the molecule is COC(=O)NS(=O)(=O)NC(C(=O)O)c1cccs1. The van der Waals surface area contributed by atoms with Crippen LogP contribution in [-0.4, -0.2) is 32.7 Å². The van der Waals surface area contributed by atoms with E-state index in [0.717, 1.165) is 18.4 Å². The Morgan fingerprint density at radius 2 is 2.17 bits per heavy atom. The number of hydrogen-bond acceptors (Lipinski definition) is 6. The molecule has 10 heteroatoms. The predicted molar refractivity (Wildman–Crippen MR) is 62.3 cm³/mol. The molecule has 0 saturated heterocycles. The van der Waals surface area contributed by atoms with Crippen molar-refractivity contribution in [3.63, 3.8) is 0 Å². The first-order valence-electron chi connectivity index (χ1n) is 4.50. The number of carboxylic acids is 1. The molecule has 18 heavy (non-hydrogen) atoms. The summed E-state index contributed by atoms with van der Waals surface area (Å²) in [4.78, 5) is 22.0. The van der Waals surface area contributed by atoms with Crippen LogP contribution in [0.3, 0.4) is 0 Å². The third kappa shape index (κ3) is 3.98. The predicted octanol–water partition coefficient (Wildman–Crippen LogP) is 0.0642. The van der Waals surface area contributed by atoms with Crippen molar-refractivity contribution in [1.82, 2.24) is 9.44 Å². The summed E-state index contributed by atoms with van der Waals surface area (Å²) in [6.07, 6.45) is -1.21. The lowest BCUT2D eigenvalue weighted by atomic mass is 10.3. The summed E-state index contributed by atoms with van der Waals surface area (Å²) in [5.74, 6) is -1.38. The number of carboxylic acid groups (broad SMARTS) is 1. The third-order valence-corrected chi connectivity index (χ3v) is 3.67. The molecule has 0 aromatic carbocycles. The summed E-state index contributed by atoms with van der Waals surface area (Å²) >= 11 is 1.07. The first-order chi connectivity index (χ1) is 8.35. The van der Waals surface area contributed by atoms with Crippen LogP contribution in [-0.2, 0) is 19.7 Å². The largest absolute Gasteiger partial charge is 0.480 e. The molecule has 1 aromatic heterocycles. The number of carbonyl (C=O) groups excluding carboxylic acids is 1. The normalized spacial score (nSPS) is 12.7. The van der Waals surface area contributed by atoms with Gasteiger partial charge in [-0.2, -0.15) is 13.1 Å². The van der Waals surface area contributed by atoms with Gasteiger partial charge in [0.1, 0.15) is 0 Å². The summed E-state index contributed by atoms with van der Waals surface area (Å²) in [5.41, 5.74) is 0. The van der Waals surface area contributed by atoms with E-state index in [9.17, 15) is 18.0 Å². The Balaban J connectivity index is 2.85. The van der Waals surface area contributed by atoms with E-state index in [1.165, 1.54) is 10.8 Å². The Kier molecular flexibility index (Phi) is 4.64. The quantitative estimate of drug-likeness (QED) is 0.706. The second-order valence-corrected chi connectivity index (χ2v) is 5.43. The minimum absolute atomic E-state index is 0.290. The number of hydrogen-bond donors (Lipinski definition) is 3. The van der Waals surface area contributed by atoms with E-state index >= 15 is 0 Å². The summed E-state index contributed by atoms with van der Waals surface area (Å²) in [6, 6.07) is 1.58. The molecular formula is C8H10N2O6S2. The lowest BCUT2D eigenvalue weighted by molar-refractivity contribution is -0.139. The maximum absolute atomic E-state index is 11.4. The van der Waals surface area contributed by atoms with Crippen molar-refractivity contribution < 1.29 is 27.9 Å². The lowest BCUT2D eigenvalue weighted by Crippen LogP contribution is -2.43. The van der Waals surface area contributed by atoms with Crippen LogP contribution in [0.2, 0.25) is 0 Å². The van der Waals surface area contributed by atoms with Gasteiger partial charge in [0, 0.05) is 4.88 Å². The first kappa shape index (κ1) is 14.4. The highest BCUT2D eigenvalue weighted by Crippen LogP contribution is 2.19. The van der Waals surface area contributed by atoms with Crippen molar-refractivity contribution in [2.45, 2.75) is 6.04 Å². The van der Waals surface area contributed by atoms with Crippen LogP contribution in [0.25, 0.3) is 0 Å². The van der Waals surface area contributed by atoms with Gasteiger partial charge in [-0.15, -0.1) is 11.3 Å². The molecule has 0 saturated carbocycles. The highest BCUT2D eigenvalue weighted by atomic mass is 32.2. The van der Waals surface area contributed by atoms with Crippen molar-refractivity contribution in [2.75, 3.05) is 7.11 Å². The van der Waals surface area contributed by atoms with Crippen molar-refractivity contribution in [1.29, 1.82) is 0 Å². The van der Waals surface area contributed by atoms with Gasteiger partial charge in [-0.1, -0.05) is 6.07 Å². The second kappa shape index (κ2) is 5.80. The van der Waals surface area contributed by atoms with E-state index in [4.69, 9.17) is 5.11 Å². The molecule has 1 amide bonds. The molecule has 0 aliphatic carbocycles. The van der Waals surface area contributed by atoms with Gasteiger partial charge in [-0.05, 0) is 11.4 Å². The van der Waals surface area contributed by atoms with Gasteiger partial charge in [0.25, 0.3) is 0 Å². The van der Waals surface area contributed by atoms with Crippen molar-refractivity contribution in [3.05, 3.63) is 22.4 Å². The van der Waals surface area contributed by atoms with Crippen LogP contribution in [0.4, 0.5) is 4.79 Å². The Bertz CT molecular complexity index is 524. The molecule has 0 spiro atoms. The molecule has 0 fully saturated rings. The first-order valence-corrected chi connectivity index (χ1v) is 6.86. The molecule has 0 aliphatic heterocycles. The fraction of sp³-hybridized carbons (Fsp3) is 0.250. The Morgan fingerprint density at radius 3 is 2.61 bits per heavy atom. The van der Waals surface area contributed by atoms with E-state index in [0.29, 0.717) is 0 Å². The van der Waals surface area contributed by atoms with Crippen LogP contribution < -0.4 is 9.44 Å². The minimum Gasteiger partial charge on any atom is -0.480 e. The fourth-order valence-electron chi connectivity index (χ4n) is 1.02. The van der Waals surface area contributed by atoms with Crippen LogP contribution in [0.15, 0.2) is 17.5 Å². The average Bonchev–Trinajstić information content (AvgIpc) is 2.78. The smallest absolute Gasteiger partial charge is 0.421 e. The molecule has 1 atom stereocenters. The molecule has 0 aliphatic rings. The summed E-state index contributed by atoms with van der Waals surface area (Å²) in [6.45, 7) is 0. The summed E-state index contributed by atoms with van der Waals surface area (Å²) in [5, 5.41) is 10.5. The molecule has 1 unspecified atom stereocenters. The van der Waals surface area contributed by atoms with Crippen LogP contribution in [0, 0.1) is 0 Å². The van der Waals surface area contributed by atoms with Gasteiger partial charge in [0.2, 0.25) is 0 Å². The van der Waals surface area contributed by atoms with E-state index in [1.807, 2.05) is 4.72 Å². The van der Waals surface area contributed by atoms with E-state index in [1.54, 1.807) is 11.4 Å². The van der Waals surface area contributed by atoms with Crippen LogP contribution in [0.1, 0.15) is 10.9 Å². The van der Waals surface area contributed by atoms with Crippen molar-refractivity contribution in [3.8, 4) is 0 Å². The topological polar surface area (TPSA) is 122 Å². The molecule has 1 aromatic rings. The van der Waals surface area contributed by atoms with Gasteiger partial charge in [0.15, 0.2) is 6.04 Å². The molecular weight excluding hydrogens is 284 g/mol. The van der Waals surface area contributed by atoms with Crippen molar-refractivity contribution in [2.24, 2.45) is 0 Å². The number of nitrogens with one attached hydrogen (secondary N) is 2. The molecule has 1 rings (SSSR count). The van der Waals surface area contributed by atoms with Gasteiger partial charge in [0.05, 0.1) is 7.11 Å². The van der Waals surface area contributed by atoms with Gasteiger partial charge in [-0.3, -0.25) is 4.79 Å². The lowest BCUT2D eigenvalue weighted by Gasteiger charge is -2.13. The number of ether oxygens (including phenoxy) is 1. The molecule has 8 nitrogen and oxygen atoms in total. The molecule has 3 N–H and O–H groups in total. The number of aliphatic carboxylic acids is 1. The van der Waals surface area contributed by atoms with E-state index in [2.05, 4.69) is 4.74 Å². The van der Waals surface area contributed by atoms with Crippen LogP contribution >= 0.6 is 11.3 Å². The zero-order valence-electron chi connectivity index (χ0n) is 9.11. The zero-order valence-corrected chi connectivity index (χ0v) is 10.7. The molecule has 100 valence electrons. The average molecular weight is 294 g/mol. The van der Waals surface area contributed by atoms with Gasteiger partial charge >= 0.3 is 22.3 Å². The molecule has 1 heterocycles. The highest BCUT2D eigenvalue weighted by Gasteiger charge is 2.27. The Labute approximate surface area is 107 Å². The number of carbonyl (C=O) groups is 2. The van der Waals surface area contributed by atoms with Gasteiger partial charge in [-0.25, -0.2) is 9.52 Å². The van der Waals surface area contributed by atoms with Gasteiger partial charge < -0.3 is 9.84 Å². The second-order valence-electron chi connectivity index (χ2n) is 3.00. The standard InChI is InChI=1S/C8H10N2O6S2/c1-16-8(13)10-18(14,15)9-6(7(11)12)5-3-2-4-17-5/h2-4,6,9H,1H3,(H,10,13)(H,11,12). The summed E-state index contributed by atoms with van der Waals surface area (Å²) in [7, 11) is -3.33. The maximum atomic E-state index is 11.4. The van der Waals surface area contributed by atoms with E-state index in [-0.39, 0.29) is 4.88 Å². The zero-order chi connectivity index (χ0) is 13.8. The van der Waals surface area contributed by atoms with Crippen LogP contribution in [0.5, 0.6) is 0 Å². The summed E-state index contributed by atoms with van der Waals surface area (Å²) < 4.78 is 30.3.